The molecule has 0 saturated carbocycles. The molecule has 5 nitrogen and oxygen atoms in total. The van der Waals surface area contributed by atoms with Gasteiger partial charge in [0.1, 0.15) is 0 Å². The third-order valence-electron chi connectivity index (χ3n) is 2.84. The predicted octanol–water partition coefficient (Wildman–Crippen LogP) is 2.21. The number of carbonyl (C=O) groups is 1. The van der Waals surface area contributed by atoms with E-state index in [1.165, 1.54) is 0 Å². The van der Waals surface area contributed by atoms with Gasteiger partial charge in [0.2, 0.25) is 0 Å². The largest absolute Gasteiger partial charge is 0.460 e. The highest BCUT2D eigenvalue weighted by Gasteiger charge is 2.35. The Balaban J connectivity index is 2.23. The van der Waals surface area contributed by atoms with Gasteiger partial charge in [-0.2, -0.15) is 0 Å². The Hall–Kier alpha value is -1.46. The molecule has 94 valence electrons. The summed E-state index contributed by atoms with van der Waals surface area (Å²) in [6.07, 6.45) is 1.08. The fourth-order valence-electron chi connectivity index (χ4n) is 2.12. The number of hydrogen-bond acceptors (Lipinski definition) is 4. The van der Waals surface area contributed by atoms with E-state index >= 15 is 0 Å². The zero-order chi connectivity index (χ0) is 12.4. The Morgan fingerprint density at radius 2 is 2.35 bits per heavy atom. The molecule has 2 unspecified atom stereocenters. The first-order valence-electron chi connectivity index (χ1n) is 5.95. The van der Waals surface area contributed by atoms with Crippen LogP contribution in [0.1, 0.15) is 61.8 Å². The van der Waals surface area contributed by atoms with Gasteiger partial charge in [-0.3, -0.25) is 0 Å². The van der Waals surface area contributed by atoms with Gasteiger partial charge < -0.3 is 4.74 Å². The average molecular weight is 241 g/mol. The first-order valence-corrected chi connectivity index (χ1v) is 5.95. The number of alkyl halides is 1. The van der Waals surface area contributed by atoms with Crippen LogP contribution in [0.5, 0.6) is 0 Å². The zero-order valence-corrected chi connectivity index (χ0v) is 10.0. The quantitative estimate of drug-likeness (QED) is 0.758. The normalized spacial score (nSPS) is 22.5. The van der Waals surface area contributed by atoms with Gasteiger partial charge in [0.05, 0.1) is 12.6 Å². The lowest BCUT2D eigenvalue weighted by molar-refractivity contribution is 0.0511. The van der Waals surface area contributed by atoms with Gasteiger partial charge >= 0.3 is 5.97 Å². The minimum absolute atomic E-state index is 0.0145. The van der Waals surface area contributed by atoms with Crippen LogP contribution in [0.3, 0.4) is 0 Å². The standard InChI is InChI=1S/C11H16FN3O2/c1-3-5-7-6-8(12)10-13-9(14-15(7)10)11(16)17-4-2/h7-8H,3-6H2,1-2H3. The van der Waals surface area contributed by atoms with Crippen LogP contribution in [0.4, 0.5) is 4.39 Å². The van der Waals surface area contributed by atoms with Crippen molar-refractivity contribution in [3.8, 4) is 0 Å². The summed E-state index contributed by atoms with van der Waals surface area (Å²) in [6.45, 7) is 4.01. The summed E-state index contributed by atoms with van der Waals surface area (Å²) in [4.78, 5) is 15.4. The van der Waals surface area contributed by atoms with Crippen LogP contribution in [-0.2, 0) is 4.74 Å². The van der Waals surface area contributed by atoms with E-state index in [4.69, 9.17) is 4.74 Å². The van der Waals surface area contributed by atoms with Gasteiger partial charge in [0.15, 0.2) is 12.0 Å². The molecule has 0 radical (unpaired) electrons. The van der Waals surface area contributed by atoms with Gasteiger partial charge in [-0.15, -0.1) is 5.10 Å². The van der Waals surface area contributed by atoms with Gasteiger partial charge in [0, 0.05) is 6.42 Å². The highest BCUT2D eigenvalue weighted by Crippen LogP contribution is 2.37. The fraction of sp³-hybridized carbons (Fsp3) is 0.727. The van der Waals surface area contributed by atoms with Gasteiger partial charge in [-0.05, 0) is 13.3 Å². The number of carbonyl (C=O) groups excluding carboxylic acids is 1. The topological polar surface area (TPSA) is 57.0 Å². The van der Waals surface area contributed by atoms with Gasteiger partial charge in [-0.25, -0.2) is 18.9 Å². The number of aromatic nitrogens is 3. The van der Waals surface area contributed by atoms with E-state index in [-0.39, 0.29) is 24.3 Å². The van der Waals surface area contributed by atoms with Crippen LogP contribution in [0.25, 0.3) is 0 Å². The van der Waals surface area contributed by atoms with Crippen molar-refractivity contribution in [3.63, 3.8) is 0 Å². The van der Waals surface area contributed by atoms with Crippen LogP contribution in [0.2, 0.25) is 0 Å². The van der Waals surface area contributed by atoms with Crippen LogP contribution in [0, 0.1) is 0 Å². The maximum absolute atomic E-state index is 13.7. The van der Waals surface area contributed by atoms with Gasteiger partial charge in [-0.1, -0.05) is 13.3 Å². The number of hydrogen-bond donors (Lipinski definition) is 0. The molecule has 0 spiro atoms. The minimum atomic E-state index is -1.12. The molecule has 0 aromatic carbocycles. The Labute approximate surface area is 99.0 Å². The number of rotatable bonds is 4. The molecule has 2 rings (SSSR count). The lowest BCUT2D eigenvalue weighted by Crippen LogP contribution is -2.10. The van der Waals surface area contributed by atoms with Crippen molar-refractivity contribution < 1.29 is 13.9 Å². The summed E-state index contributed by atoms with van der Waals surface area (Å²) in [5.41, 5.74) is 0. The first kappa shape index (κ1) is 12.0. The van der Waals surface area contributed by atoms with Crippen molar-refractivity contribution in [2.45, 2.75) is 45.3 Å². The van der Waals surface area contributed by atoms with Gasteiger partial charge in [0.25, 0.3) is 5.82 Å². The van der Waals surface area contributed by atoms with Crippen molar-refractivity contribution in [1.29, 1.82) is 0 Å². The minimum Gasteiger partial charge on any atom is -0.460 e. The fourth-order valence-corrected chi connectivity index (χ4v) is 2.12. The number of fused-ring (bicyclic) bond motifs is 1. The lowest BCUT2D eigenvalue weighted by Gasteiger charge is -2.08. The second-order valence-corrected chi connectivity index (χ2v) is 4.10. The third kappa shape index (κ3) is 2.16. The van der Waals surface area contributed by atoms with E-state index in [1.54, 1.807) is 11.6 Å². The Kier molecular flexibility index (Phi) is 3.40. The molecule has 0 bridgehead atoms. The third-order valence-corrected chi connectivity index (χ3v) is 2.84. The van der Waals surface area contributed by atoms with Crippen LogP contribution in [0.15, 0.2) is 0 Å². The molecule has 1 aromatic heterocycles. The molecule has 6 heteroatoms. The molecule has 1 aliphatic rings. The zero-order valence-electron chi connectivity index (χ0n) is 10.0. The molecule has 0 N–H and O–H groups in total. The molecule has 1 aliphatic heterocycles. The summed E-state index contributed by atoms with van der Waals surface area (Å²) >= 11 is 0. The maximum Gasteiger partial charge on any atom is 0.378 e. The second-order valence-electron chi connectivity index (χ2n) is 4.10. The van der Waals surface area contributed by atoms with Crippen molar-refractivity contribution in [2.24, 2.45) is 0 Å². The van der Waals surface area contributed by atoms with Crippen molar-refractivity contribution in [3.05, 3.63) is 11.6 Å². The van der Waals surface area contributed by atoms with Crippen LogP contribution in [-0.4, -0.2) is 27.3 Å². The second kappa shape index (κ2) is 4.81. The van der Waals surface area contributed by atoms with E-state index in [1.807, 2.05) is 6.92 Å². The van der Waals surface area contributed by atoms with E-state index in [0.29, 0.717) is 6.42 Å². The Morgan fingerprint density at radius 3 is 3.00 bits per heavy atom. The molecule has 2 atom stereocenters. The van der Waals surface area contributed by atoms with Crippen molar-refractivity contribution in [1.82, 2.24) is 14.8 Å². The van der Waals surface area contributed by atoms with Crippen LogP contribution < -0.4 is 0 Å². The van der Waals surface area contributed by atoms with E-state index < -0.39 is 12.1 Å². The number of ether oxygens (including phenoxy) is 1. The van der Waals surface area contributed by atoms with E-state index in [2.05, 4.69) is 10.1 Å². The molecule has 0 fully saturated rings. The first-order chi connectivity index (χ1) is 8.17. The van der Waals surface area contributed by atoms with Crippen molar-refractivity contribution >= 4 is 5.97 Å². The highest BCUT2D eigenvalue weighted by atomic mass is 19.1. The molecule has 0 amide bonds. The summed E-state index contributed by atoms with van der Waals surface area (Å²) in [6, 6.07) is 0.0145. The Morgan fingerprint density at radius 1 is 1.59 bits per heavy atom. The average Bonchev–Trinajstić information content (AvgIpc) is 2.82. The smallest absolute Gasteiger partial charge is 0.378 e. The van der Waals surface area contributed by atoms with E-state index in [9.17, 15) is 9.18 Å². The van der Waals surface area contributed by atoms with E-state index in [0.717, 1.165) is 12.8 Å². The lowest BCUT2D eigenvalue weighted by atomic mass is 10.1. The summed E-state index contributed by atoms with van der Waals surface area (Å²) in [7, 11) is 0. The monoisotopic (exact) mass is 241 g/mol. The SMILES string of the molecule is CCCC1CC(F)c2nc(C(=O)OCC)nn21. The molecule has 2 heterocycles. The predicted molar refractivity (Wildman–Crippen MR) is 58.4 cm³/mol. The highest BCUT2D eigenvalue weighted by molar-refractivity contribution is 5.85. The number of esters is 1. The van der Waals surface area contributed by atoms with Crippen LogP contribution >= 0.6 is 0 Å². The molecular formula is C11H16FN3O2. The van der Waals surface area contributed by atoms with Crippen molar-refractivity contribution in [2.75, 3.05) is 6.61 Å². The summed E-state index contributed by atoms with van der Waals surface area (Å²) in [5, 5.41) is 4.05. The number of halogens is 1. The molecule has 0 saturated heterocycles. The molecule has 17 heavy (non-hydrogen) atoms. The molecule has 1 aromatic rings. The summed E-state index contributed by atoms with van der Waals surface area (Å²) < 4.78 is 20.0. The Bertz CT molecular complexity index is 419. The summed E-state index contributed by atoms with van der Waals surface area (Å²) in [5.74, 6) is -0.367. The molecule has 0 aliphatic carbocycles. The molecular weight excluding hydrogens is 225 g/mol. The maximum atomic E-state index is 13.7. The number of nitrogens with zero attached hydrogens (tertiary/aromatic N) is 3.